The summed E-state index contributed by atoms with van der Waals surface area (Å²) in [4.78, 5) is 11.2. The van der Waals surface area contributed by atoms with Gasteiger partial charge in [-0.1, -0.05) is 0 Å². The van der Waals surface area contributed by atoms with Crippen LogP contribution in [0.1, 0.15) is 16.1 Å². The number of hydrogen-bond acceptors (Lipinski definition) is 6. The Morgan fingerprint density at radius 3 is 2.65 bits per heavy atom. The molecule has 20 heavy (non-hydrogen) atoms. The highest BCUT2D eigenvalue weighted by Crippen LogP contribution is 2.31. The van der Waals surface area contributed by atoms with Crippen LogP contribution in [-0.2, 0) is 17.1 Å². The summed E-state index contributed by atoms with van der Waals surface area (Å²) >= 11 is 0.830. The van der Waals surface area contributed by atoms with Crippen molar-refractivity contribution in [3.63, 3.8) is 0 Å². The zero-order valence-electron chi connectivity index (χ0n) is 10.9. The van der Waals surface area contributed by atoms with Gasteiger partial charge in [0.2, 0.25) is 0 Å². The molecule has 0 spiro atoms. The molecule has 0 aliphatic rings. The number of carboxylic acid groups (broad SMARTS) is 1. The van der Waals surface area contributed by atoms with Crippen molar-refractivity contribution in [2.24, 2.45) is 7.05 Å². The Bertz CT molecular complexity index is 762. The van der Waals surface area contributed by atoms with Gasteiger partial charge in [-0.2, -0.15) is 9.47 Å². The van der Waals surface area contributed by atoms with Crippen LogP contribution in [0.25, 0.3) is 0 Å². The van der Waals surface area contributed by atoms with Gasteiger partial charge in [-0.25, -0.2) is 13.2 Å². The molecule has 0 aliphatic heterocycles. The number of carbonyl (C=O) groups is 1. The van der Waals surface area contributed by atoms with Crippen LogP contribution in [0.5, 0.6) is 0 Å². The number of nitrogens with zero attached hydrogens (tertiary/aromatic N) is 4. The molecular formula is C10H12N4O4S2. The number of aryl methyl sites for hydroxylation is 2. The average molecular weight is 316 g/mol. The first kappa shape index (κ1) is 14.5. The lowest BCUT2D eigenvalue weighted by atomic mass is 10.2. The smallest absolute Gasteiger partial charge is 0.340 e. The van der Waals surface area contributed by atoms with E-state index < -0.39 is 16.0 Å². The standard InChI is InChI=1S/C10H12N4O4S2/c1-6-8(10(15)16)9(19-12-6)14(3)20(17,18)7-4-11-13(2)5-7/h4-5H,1-3H3,(H,15,16). The normalized spacial score (nSPS) is 11.6. The van der Waals surface area contributed by atoms with E-state index in [0.717, 1.165) is 15.8 Å². The van der Waals surface area contributed by atoms with Crippen molar-refractivity contribution in [2.45, 2.75) is 11.8 Å². The minimum Gasteiger partial charge on any atom is -0.478 e. The van der Waals surface area contributed by atoms with Crippen LogP contribution in [-0.4, -0.2) is 40.7 Å². The lowest BCUT2D eigenvalue weighted by Gasteiger charge is -2.16. The lowest BCUT2D eigenvalue weighted by Crippen LogP contribution is -2.27. The minimum atomic E-state index is -3.86. The highest BCUT2D eigenvalue weighted by atomic mass is 32.2. The van der Waals surface area contributed by atoms with E-state index in [1.54, 1.807) is 7.05 Å². The molecule has 0 amide bonds. The van der Waals surface area contributed by atoms with Crippen LogP contribution in [0, 0.1) is 6.92 Å². The molecular weight excluding hydrogens is 304 g/mol. The van der Waals surface area contributed by atoms with E-state index in [9.17, 15) is 13.2 Å². The molecule has 0 fully saturated rings. The second-order valence-corrected chi connectivity index (χ2v) is 6.80. The Hall–Kier alpha value is -1.94. The summed E-state index contributed by atoms with van der Waals surface area (Å²) in [5.41, 5.74) is 0.177. The largest absolute Gasteiger partial charge is 0.478 e. The maximum atomic E-state index is 12.4. The first-order chi connectivity index (χ1) is 9.25. The van der Waals surface area contributed by atoms with Crippen molar-refractivity contribution in [1.29, 1.82) is 0 Å². The third-order valence-electron chi connectivity index (χ3n) is 2.68. The summed E-state index contributed by atoms with van der Waals surface area (Å²) in [7, 11) is -0.968. The van der Waals surface area contributed by atoms with Crippen molar-refractivity contribution in [3.8, 4) is 0 Å². The Morgan fingerprint density at radius 2 is 2.15 bits per heavy atom. The lowest BCUT2D eigenvalue weighted by molar-refractivity contribution is 0.0697. The first-order valence-electron chi connectivity index (χ1n) is 5.42. The van der Waals surface area contributed by atoms with Crippen LogP contribution < -0.4 is 4.31 Å². The molecule has 108 valence electrons. The van der Waals surface area contributed by atoms with Crippen molar-refractivity contribution in [1.82, 2.24) is 14.2 Å². The topological polar surface area (TPSA) is 105 Å². The molecule has 2 aromatic heterocycles. The SMILES string of the molecule is Cc1nsc(N(C)S(=O)(=O)c2cnn(C)c2)c1C(=O)O. The predicted molar refractivity (Wildman–Crippen MR) is 72.6 cm³/mol. The fraction of sp³-hybridized carbons (Fsp3) is 0.300. The number of hydrogen-bond donors (Lipinski definition) is 1. The Kier molecular flexibility index (Phi) is 3.52. The van der Waals surface area contributed by atoms with E-state index in [4.69, 9.17) is 5.11 Å². The predicted octanol–water partition coefficient (Wildman–Crippen LogP) is 0.708. The zero-order chi connectivity index (χ0) is 15.1. The molecule has 8 nitrogen and oxygen atoms in total. The Balaban J connectivity index is 2.51. The van der Waals surface area contributed by atoms with E-state index in [0.29, 0.717) is 0 Å². The van der Waals surface area contributed by atoms with Crippen LogP contribution in [0.2, 0.25) is 0 Å². The van der Waals surface area contributed by atoms with Gasteiger partial charge in [-0.15, -0.1) is 0 Å². The van der Waals surface area contributed by atoms with Gasteiger partial charge < -0.3 is 5.11 Å². The summed E-state index contributed by atoms with van der Waals surface area (Å²) in [5, 5.41) is 13.0. The van der Waals surface area contributed by atoms with Crippen molar-refractivity contribution < 1.29 is 18.3 Å². The summed E-state index contributed by atoms with van der Waals surface area (Å²) < 4.78 is 31.0. The monoisotopic (exact) mass is 316 g/mol. The Labute approximate surface area is 119 Å². The fourth-order valence-electron chi connectivity index (χ4n) is 1.62. The molecule has 2 rings (SSSR count). The number of aromatic nitrogens is 3. The van der Waals surface area contributed by atoms with Crippen LogP contribution >= 0.6 is 11.5 Å². The van der Waals surface area contributed by atoms with Crippen LogP contribution in [0.3, 0.4) is 0 Å². The van der Waals surface area contributed by atoms with E-state index in [-0.39, 0.29) is 21.2 Å². The quantitative estimate of drug-likeness (QED) is 0.890. The molecule has 1 N–H and O–H groups in total. The van der Waals surface area contributed by atoms with Gasteiger partial charge in [0.1, 0.15) is 15.5 Å². The highest BCUT2D eigenvalue weighted by Gasteiger charge is 2.29. The number of rotatable bonds is 4. The average Bonchev–Trinajstić information content (AvgIpc) is 2.94. The third-order valence-corrected chi connectivity index (χ3v) is 5.53. The van der Waals surface area contributed by atoms with Crippen LogP contribution in [0.15, 0.2) is 17.3 Å². The van der Waals surface area contributed by atoms with Gasteiger partial charge in [0.25, 0.3) is 10.0 Å². The molecule has 0 saturated carbocycles. The summed E-state index contributed by atoms with van der Waals surface area (Å²) in [6, 6.07) is 0. The fourth-order valence-corrected chi connectivity index (χ4v) is 3.86. The van der Waals surface area contributed by atoms with Crippen molar-refractivity contribution in [2.75, 3.05) is 11.4 Å². The number of anilines is 1. The zero-order valence-corrected chi connectivity index (χ0v) is 12.6. The van der Waals surface area contributed by atoms with Gasteiger partial charge in [-0.05, 0) is 18.5 Å². The van der Waals surface area contributed by atoms with Crippen molar-refractivity contribution >= 4 is 32.5 Å². The molecule has 0 bridgehead atoms. The maximum Gasteiger partial charge on any atom is 0.340 e. The van der Waals surface area contributed by atoms with Crippen molar-refractivity contribution in [3.05, 3.63) is 23.7 Å². The first-order valence-corrected chi connectivity index (χ1v) is 7.63. The summed E-state index contributed by atoms with van der Waals surface area (Å²) in [5.74, 6) is -1.21. The highest BCUT2D eigenvalue weighted by molar-refractivity contribution is 7.93. The molecule has 0 aromatic carbocycles. The molecule has 2 heterocycles. The molecule has 0 saturated heterocycles. The number of sulfonamides is 1. The van der Waals surface area contributed by atoms with Gasteiger partial charge in [0.15, 0.2) is 0 Å². The van der Waals surface area contributed by atoms with E-state index in [1.165, 1.54) is 31.0 Å². The van der Waals surface area contributed by atoms with E-state index in [1.807, 2.05) is 0 Å². The van der Waals surface area contributed by atoms with Gasteiger partial charge in [0, 0.05) is 20.3 Å². The second kappa shape index (κ2) is 4.87. The maximum absolute atomic E-state index is 12.4. The molecule has 0 aliphatic carbocycles. The summed E-state index contributed by atoms with van der Waals surface area (Å²) in [6.07, 6.45) is 2.56. The second-order valence-electron chi connectivity index (χ2n) is 4.08. The Morgan fingerprint density at radius 1 is 1.50 bits per heavy atom. The number of aromatic carboxylic acids is 1. The third kappa shape index (κ3) is 2.27. The van der Waals surface area contributed by atoms with Gasteiger partial charge in [-0.3, -0.25) is 8.99 Å². The molecule has 10 heteroatoms. The van der Waals surface area contributed by atoms with E-state index >= 15 is 0 Å². The molecule has 0 radical (unpaired) electrons. The molecule has 0 atom stereocenters. The number of carboxylic acids is 1. The van der Waals surface area contributed by atoms with E-state index in [2.05, 4.69) is 9.47 Å². The molecule has 0 unspecified atom stereocenters. The van der Waals surface area contributed by atoms with Gasteiger partial charge in [0.05, 0.1) is 11.9 Å². The molecule has 2 aromatic rings. The van der Waals surface area contributed by atoms with Crippen LogP contribution in [0.4, 0.5) is 5.00 Å². The van der Waals surface area contributed by atoms with Gasteiger partial charge >= 0.3 is 5.97 Å². The minimum absolute atomic E-state index is 0.00936. The summed E-state index contributed by atoms with van der Waals surface area (Å²) in [6.45, 7) is 1.52.